The molecule has 0 aliphatic carbocycles. The largest absolute Gasteiger partial charge is 0.459 e. The number of hydrogen-bond acceptors (Lipinski definition) is 4. The molecule has 0 aromatic carbocycles. The number of nitrogens with two attached hydrogens (primary N) is 1. The van der Waals surface area contributed by atoms with Crippen molar-refractivity contribution in [2.75, 3.05) is 32.7 Å². The molecular formula is C15H25N5O2. The Labute approximate surface area is 130 Å². The molecule has 1 aliphatic rings. The van der Waals surface area contributed by atoms with Crippen LogP contribution in [0.3, 0.4) is 0 Å². The average molecular weight is 307 g/mol. The standard InChI is InChI=1S/C15H25N5O2/c1-2-20-9-3-5-12(20)11-19-15(16)18-8-7-17-14(21)13-6-4-10-22-13/h4,6,10,12H,2-3,5,7-9,11H2,1H3,(H,17,21)(H3,16,18,19). The second-order valence-corrected chi connectivity index (χ2v) is 5.31. The zero-order chi connectivity index (χ0) is 15.8. The highest BCUT2D eigenvalue weighted by atomic mass is 16.3. The van der Waals surface area contributed by atoms with Crippen molar-refractivity contribution < 1.29 is 9.21 Å². The topological polar surface area (TPSA) is 95.9 Å². The molecule has 1 atom stereocenters. The number of nitrogens with zero attached hydrogens (tertiary/aromatic N) is 2. The first-order chi connectivity index (χ1) is 10.7. The molecule has 22 heavy (non-hydrogen) atoms. The highest BCUT2D eigenvalue weighted by molar-refractivity contribution is 5.91. The van der Waals surface area contributed by atoms with Gasteiger partial charge >= 0.3 is 0 Å². The number of rotatable bonds is 7. The van der Waals surface area contributed by atoms with E-state index in [4.69, 9.17) is 10.2 Å². The molecule has 7 nitrogen and oxygen atoms in total. The molecule has 0 radical (unpaired) electrons. The van der Waals surface area contributed by atoms with Crippen molar-refractivity contribution in [3.63, 3.8) is 0 Å². The molecule has 7 heteroatoms. The van der Waals surface area contributed by atoms with E-state index in [-0.39, 0.29) is 5.91 Å². The minimum absolute atomic E-state index is 0.230. The molecule has 1 aliphatic heterocycles. The summed E-state index contributed by atoms with van der Waals surface area (Å²) in [6.07, 6.45) is 3.89. The molecule has 1 saturated heterocycles. The van der Waals surface area contributed by atoms with Gasteiger partial charge in [0.15, 0.2) is 11.7 Å². The van der Waals surface area contributed by atoms with Gasteiger partial charge in [0.25, 0.3) is 5.91 Å². The maximum atomic E-state index is 11.6. The van der Waals surface area contributed by atoms with E-state index < -0.39 is 0 Å². The van der Waals surface area contributed by atoms with Gasteiger partial charge in [-0.2, -0.15) is 0 Å². The van der Waals surface area contributed by atoms with Crippen LogP contribution in [0.15, 0.2) is 27.8 Å². The number of nitrogens with one attached hydrogen (secondary N) is 2. The number of carbonyl (C=O) groups excluding carboxylic acids is 1. The van der Waals surface area contributed by atoms with Crippen LogP contribution < -0.4 is 16.4 Å². The smallest absolute Gasteiger partial charge is 0.287 e. The molecule has 1 fully saturated rings. The van der Waals surface area contributed by atoms with E-state index >= 15 is 0 Å². The lowest BCUT2D eigenvalue weighted by Gasteiger charge is -2.20. The molecule has 2 rings (SSSR count). The Morgan fingerprint density at radius 2 is 2.32 bits per heavy atom. The molecule has 4 N–H and O–H groups in total. The first-order valence-corrected chi connectivity index (χ1v) is 7.80. The van der Waals surface area contributed by atoms with Crippen molar-refractivity contribution in [2.45, 2.75) is 25.8 Å². The van der Waals surface area contributed by atoms with Crippen molar-refractivity contribution in [1.29, 1.82) is 0 Å². The van der Waals surface area contributed by atoms with E-state index in [9.17, 15) is 4.79 Å². The fourth-order valence-electron chi connectivity index (χ4n) is 2.64. The molecule has 0 saturated carbocycles. The Morgan fingerprint density at radius 3 is 3.05 bits per heavy atom. The van der Waals surface area contributed by atoms with Crippen LogP contribution in [0.5, 0.6) is 0 Å². The number of carbonyl (C=O) groups is 1. The van der Waals surface area contributed by atoms with Crippen molar-refractivity contribution >= 4 is 11.9 Å². The van der Waals surface area contributed by atoms with Gasteiger partial charge in [-0.25, -0.2) is 0 Å². The van der Waals surface area contributed by atoms with Gasteiger partial charge in [-0.1, -0.05) is 6.92 Å². The van der Waals surface area contributed by atoms with Crippen molar-refractivity contribution in [3.8, 4) is 0 Å². The zero-order valence-corrected chi connectivity index (χ0v) is 13.0. The number of guanidine groups is 1. The van der Waals surface area contributed by atoms with Crippen LogP contribution in [0, 0.1) is 0 Å². The Hall–Kier alpha value is -2.02. The number of likely N-dealkylation sites (tertiary alicyclic amines) is 1. The highest BCUT2D eigenvalue weighted by Gasteiger charge is 2.22. The minimum Gasteiger partial charge on any atom is -0.459 e. The summed E-state index contributed by atoms with van der Waals surface area (Å²) in [6.45, 7) is 6.11. The lowest BCUT2D eigenvalue weighted by molar-refractivity contribution is 0.0926. The van der Waals surface area contributed by atoms with Gasteiger partial charge < -0.3 is 20.8 Å². The maximum Gasteiger partial charge on any atom is 0.287 e. The number of likely N-dealkylation sites (N-methyl/N-ethyl adjacent to an activating group) is 1. The second kappa shape index (κ2) is 8.43. The molecule has 122 valence electrons. The number of furan rings is 1. The fourth-order valence-corrected chi connectivity index (χ4v) is 2.64. The van der Waals surface area contributed by atoms with Gasteiger partial charge in [0.1, 0.15) is 0 Å². The molecule has 1 aromatic heterocycles. The summed E-state index contributed by atoms with van der Waals surface area (Å²) in [5, 5.41) is 5.74. The quantitative estimate of drug-likeness (QED) is 0.385. The highest BCUT2D eigenvalue weighted by Crippen LogP contribution is 2.16. The van der Waals surface area contributed by atoms with Gasteiger partial charge in [-0.15, -0.1) is 0 Å². The number of amides is 1. The fraction of sp³-hybridized carbons (Fsp3) is 0.600. The van der Waals surface area contributed by atoms with Gasteiger partial charge in [0, 0.05) is 19.1 Å². The van der Waals surface area contributed by atoms with E-state index in [2.05, 4.69) is 27.4 Å². The van der Waals surface area contributed by atoms with Gasteiger partial charge in [0.05, 0.1) is 12.8 Å². The molecule has 2 heterocycles. The summed E-state index contributed by atoms with van der Waals surface area (Å²) in [7, 11) is 0. The normalized spacial score (nSPS) is 19.3. The summed E-state index contributed by atoms with van der Waals surface area (Å²) in [5.74, 6) is 0.504. The molecule has 1 aromatic rings. The van der Waals surface area contributed by atoms with E-state index in [0.717, 1.165) is 19.6 Å². The van der Waals surface area contributed by atoms with Crippen LogP contribution in [0.1, 0.15) is 30.3 Å². The summed E-state index contributed by atoms with van der Waals surface area (Å²) in [4.78, 5) is 18.4. The Kier molecular flexibility index (Phi) is 6.27. The molecule has 1 unspecified atom stereocenters. The van der Waals surface area contributed by atoms with Gasteiger partial charge in [-0.3, -0.25) is 14.7 Å². The Balaban J connectivity index is 1.62. The number of hydrogen-bond donors (Lipinski definition) is 3. The predicted molar refractivity (Wildman–Crippen MR) is 85.8 cm³/mol. The van der Waals surface area contributed by atoms with Crippen LogP contribution in [0.2, 0.25) is 0 Å². The summed E-state index contributed by atoms with van der Waals surface area (Å²) < 4.78 is 5.00. The predicted octanol–water partition coefficient (Wildman–Crippen LogP) is 0.398. The Bertz CT molecular complexity index is 486. The monoisotopic (exact) mass is 307 g/mol. The first kappa shape index (κ1) is 16.4. The third-order valence-electron chi connectivity index (χ3n) is 3.84. The van der Waals surface area contributed by atoms with Gasteiger partial charge in [-0.05, 0) is 38.1 Å². The van der Waals surface area contributed by atoms with Crippen molar-refractivity contribution in [3.05, 3.63) is 24.2 Å². The van der Waals surface area contributed by atoms with Crippen LogP contribution >= 0.6 is 0 Å². The second-order valence-electron chi connectivity index (χ2n) is 5.31. The molecule has 0 bridgehead atoms. The zero-order valence-electron chi connectivity index (χ0n) is 13.0. The number of aliphatic imine (C=N–C) groups is 1. The molecule has 0 spiro atoms. The SMILES string of the molecule is CCN1CCCC1CN=C(N)NCCNC(=O)c1ccco1. The summed E-state index contributed by atoms with van der Waals surface area (Å²) in [5.41, 5.74) is 5.84. The maximum absolute atomic E-state index is 11.6. The van der Waals surface area contributed by atoms with Gasteiger partial charge in [0.2, 0.25) is 0 Å². The van der Waals surface area contributed by atoms with E-state index in [1.165, 1.54) is 19.1 Å². The van der Waals surface area contributed by atoms with Crippen LogP contribution in [0.25, 0.3) is 0 Å². The van der Waals surface area contributed by atoms with E-state index in [1.54, 1.807) is 12.1 Å². The van der Waals surface area contributed by atoms with E-state index in [0.29, 0.717) is 30.9 Å². The van der Waals surface area contributed by atoms with Crippen LogP contribution in [-0.4, -0.2) is 55.5 Å². The lowest BCUT2D eigenvalue weighted by Crippen LogP contribution is -2.39. The van der Waals surface area contributed by atoms with Crippen molar-refractivity contribution in [2.24, 2.45) is 10.7 Å². The average Bonchev–Trinajstić information content (AvgIpc) is 3.19. The lowest BCUT2D eigenvalue weighted by atomic mass is 10.2. The van der Waals surface area contributed by atoms with Crippen LogP contribution in [-0.2, 0) is 0 Å². The molecular weight excluding hydrogens is 282 g/mol. The van der Waals surface area contributed by atoms with E-state index in [1.807, 2.05) is 0 Å². The molecule has 1 amide bonds. The third kappa shape index (κ3) is 4.77. The summed E-state index contributed by atoms with van der Waals surface area (Å²) in [6, 6.07) is 3.81. The third-order valence-corrected chi connectivity index (χ3v) is 3.84. The minimum atomic E-state index is -0.230. The Morgan fingerprint density at radius 1 is 1.50 bits per heavy atom. The first-order valence-electron chi connectivity index (χ1n) is 7.80. The van der Waals surface area contributed by atoms with Crippen molar-refractivity contribution in [1.82, 2.24) is 15.5 Å². The summed E-state index contributed by atoms with van der Waals surface area (Å²) >= 11 is 0. The van der Waals surface area contributed by atoms with Crippen LogP contribution in [0.4, 0.5) is 0 Å².